The molecule has 4 heterocycles. The second kappa shape index (κ2) is 11.7. The van der Waals surface area contributed by atoms with Gasteiger partial charge in [0.2, 0.25) is 11.5 Å². The number of nitrogens with zero attached hydrogens (tertiary/aromatic N) is 6. The van der Waals surface area contributed by atoms with Gasteiger partial charge in [-0.1, -0.05) is 6.07 Å². The zero-order valence-corrected chi connectivity index (χ0v) is 22.6. The van der Waals surface area contributed by atoms with E-state index in [0.29, 0.717) is 24.4 Å². The summed E-state index contributed by atoms with van der Waals surface area (Å²) in [5, 5.41) is 9.38. The summed E-state index contributed by atoms with van der Waals surface area (Å²) in [6, 6.07) is 7.27. The highest BCUT2D eigenvalue weighted by Crippen LogP contribution is 2.30. The number of aromatic nitrogens is 5. The van der Waals surface area contributed by atoms with E-state index >= 15 is 13.2 Å². The van der Waals surface area contributed by atoms with Gasteiger partial charge in [0, 0.05) is 19.2 Å². The van der Waals surface area contributed by atoms with Crippen LogP contribution in [0.2, 0.25) is 0 Å². The lowest BCUT2D eigenvalue weighted by atomic mass is 10.1. The molecule has 0 unspecified atom stereocenters. The number of hydrogen-bond acceptors (Lipinski definition) is 7. The van der Waals surface area contributed by atoms with Crippen LogP contribution in [-0.4, -0.2) is 48.3 Å². The van der Waals surface area contributed by atoms with E-state index in [9.17, 15) is 14.3 Å². The Kier molecular flexibility index (Phi) is 7.62. The Labute approximate surface area is 246 Å². The summed E-state index contributed by atoms with van der Waals surface area (Å²) in [5.41, 5.74) is -0.241. The highest BCUT2D eigenvalue weighted by atomic mass is 19.1. The number of rotatable bonds is 9. The van der Waals surface area contributed by atoms with Gasteiger partial charge in [-0.25, -0.2) is 32.8 Å². The maximum atomic E-state index is 15.4. The molecule has 0 radical (unpaired) electrons. The topological polar surface area (TPSA) is 117 Å². The zero-order chi connectivity index (χ0) is 31.0. The molecule has 10 nitrogen and oxygen atoms in total. The molecular formula is C30H20F4N6O4. The van der Waals surface area contributed by atoms with Gasteiger partial charge in [0.05, 0.1) is 47.8 Å². The van der Waals surface area contributed by atoms with Crippen LogP contribution < -0.4 is 4.74 Å². The lowest BCUT2D eigenvalue weighted by Crippen LogP contribution is -2.32. The van der Waals surface area contributed by atoms with Crippen molar-refractivity contribution in [2.24, 2.45) is 0 Å². The summed E-state index contributed by atoms with van der Waals surface area (Å²) < 4.78 is 72.7. The Morgan fingerprint density at radius 2 is 1.89 bits per heavy atom. The van der Waals surface area contributed by atoms with E-state index in [4.69, 9.17) is 16.0 Å². The largest absolute Gasteiger partial charge is 0.478 e. The lowest BCUT2D eigenvalue weighted by Gasteiger charge is -2.27. The third-order valence-electron chi connectivity index (χ3n) is 7.07. The standard InChI is InChI=1S/C30H20F4N6O4/c1-35-16-2-3-17(36-11-16)14-44-29-23(33)12-37-28(39-29)20-10-21(31)15(8-22(20)32)9-25-38-24-5-4-19(30(41)42)26(34)27(24)40(25)13-18-6-7-43-18/h2-5,8,10-12,18H,6-7,9,13-14H2,(H,41,42)/t18-/m0/s1. The van der Waals surface area contributed by atoms with E-state index in [-0.39, 0.29) is 59.5 Å². The van der Waals surface area contributed by atoms with Crippen LogP contribution in [0.4, 0.5) is 23.2 Å². The van der Waals surface area contributed by atoms with Crippen LogP contribution in [0.25, 0.3) is 27.3 Å². The van der Waals surface area contributed by atoms with E-state index < -0.39 is 40.7 Å². The molecule has 1 saturated heterocycles. The summed E-state index contributed by atoms with van der Waals surface area (Å²) >= 11 is 0. The Morgan fingerprint density at radius 3 is 2.57 bits per heavy atom. The maximum Gasteiger partial charge on any atom is 0.338 e. The van der Waals surface area contributed by atoms with Crippen LogP contribution in [0.3, 0.4) is 0 Å². The molecule has 1 aliphatic heterocycles. The Bertz CT molecular complexity index is 1950. The summed E-state index contributed by atoms with van der Waals surface area (Å²) in [6.07, 6.45) is 2.25. The first-order valence-electron chi connectivity index (χ1n) is 13.2. The highest BCUT2D eigenvalue weighted by Gasteiger charge is 2.26. The molecule has 3 aromatic heterocycles. The number of halogens is 4. The normalized spacial score (nSPS) is 14.3. The molecule has 1 fully saturated rings. The average molecular weight is 605 g/mol. The highest BCUT2D eigenvalue weighted by molar-refractivity contribution is 5.93. The molecule has 5 aromatic rings. The summed E-state index contributed by atoms with van der Waals surface area (Å²) in [6.45, 7) is 7.42. The Hall–Kier alpha value is -5.42. The minimum Gasteiger partial charge on any atom is -0.478 e. The average Bonchev–Trinajstić information content (AvgIpc) is 3.34. The van der Waals surface area contributed by atoms with Crippen molar-refractivity contribution >= 4 is 22.7 Å². The predicted molar refractivity (Wildman–Crippen MR) is 146 cm³/mol. The van der Waals surface area contributed by atoms with E-state index in [1.807, 2.05) is 0 Å². The third kappa shape index (κ3) is 5.52. The first kappa shape index (κ1) is 28.7. The third-order valence-corrected chi connectivity index (χ3v) is 7.07. The smallest absolute Gasteiger partial charge is 0.338 e. The van der Waals surface area contributed by atoms with Gasteiger partial charge < -0.3 is 19.1 Å². The fraction of sp³-hybridized carbons (Fsp3) is 0.200. The van der Waals surface area contributed by atoms with Gasteiger partial charge in [-0.3, -0.25) is 4.98 Å². The first-order valence-corrected chi connectivity index (χ1v) is 13.2. The molecule has 1 aliphatic rings. The van der Waals surface area contributed by atoms with Crippen LogP contribution >= 0.6 is 0 Å². The molecule has 2 aromatic carbocycles. The quantitative estimate of drug-likeness (QED) is 0.170. The fourth-order valence-electron chi connectivity index (χ4n) is 4.72. The van der Waals surface area contributed by atoms with Crippen molar-refractivity contribution in [1.29, 1.82) is 0 Å². The lowest BCUT2D eigenvalue weighted by molar-refractivity contribution is -0.0590. The van der Waals surface area contributed by atoms with E-state index in [1.165, 1.54) is 29.0 Å². The molecule has 44 heavy (non-hydrogen) atoms. The SMILES string of the molecule is [C-]#[N+]c1ccc(COc2nc(-c3cc(F)c(Cc4nc5ccc(C(=O)O)c(F)c5n4C[C@@H]4CCO4)cc3F)ncc2F)nc1. The van der Waals surface area contributed by atoms with Gasteiger partial charge >= 0.3 is 5.97 Å². The molecule has 0 aliphatic carbocycles. The molecule has 0 saturated carbocycles. The minimum absolute atomic E-state index is 0.0716. The van der Waals surface area contributed by atoms with E-state index in [1.54, 1.807) is 0 Å². The number of carbonyl (C=O) groups is 1. The summed E-state index contributed by atoms with van der Waals surface area (Å²) in [7, 11) is 0. The van der Waals surface area contributed by atoms with Crippen molar-refractivity contribution in [3.63, 3.8) is 0 Å². The van der Waals surface area contributed by atoms with Gasteiger partial charge in [-0.15, -0.1) is 0 Å². The van der Waals surface area contributed by atoms with Gasteiger partial charge in [0.1, 0.15) is 29.6 Å². The Balaban J connectivity index is 1.30. The second-order valence-corrected chi connectivity index (χ2v) is 9.88. The molecule has 222 valence electrons. The predicted octanol–water partition coefficient (Wildman–Crippen LogP) is 5.65. The van der Waals surface area contributed by atoms with Crippen molar-refractivity contribution in [2.75, 3.05) is 6.61 Å². The van der Waals surface area contributed by atoms with Crippen molar-refractivity contribution in [3.8, 4) is 17.3 Å². The molecule has 1 atom stereocenters. The number of aromatic carboxylic acids is 1. The number of carboxylic acid groups (broad SMARTS) is 1. The zero-order valence-electron chi connectivity index (χ0n) is 22.6. The maximum absolute atomic E-state index is 15.4. The van der Waals surface area contributed by atoms with Crippen LogP contribution in [0.5, 0.6) is 5.88 Å². The molecular weight excluding hydrogens is 584 g/mol. The molecule has 0 bridgehead atoms. The molecule has 14 heteroatoms. The van der Waals surface area contributed by atoms with E-state index in [2.05, 4.69) is 24.8 Å². The fourth-order valence-corrected chi connectivity index (χ4v) is 4.72. The van der Waals surface area contributed by atoms with Gasteiger partial charge in [-0.2, -0.15) is 9.37 Å². The van der Waals surface area contributed by atoms with Crippen molar-refractivity contribution in [2.45, 2.75) is 32.1 Å². The number of pyridine rings is 1. The number of ether oxygens (including phenoxy) is 2. The second-order valence-electron chi connectivity index (χ2n) is 9.88. The summed E-state index contributed by atoms with van der Waals surface area (Å²) in [5.74, 6) is -5.82. The van der Waals surface area contributed by atoms with Crippen LogP contribution in [-0.2, 0) is 24.3 Å². The van der Waals surface area contributed by atoms with E-state index in [0.717, 1.165) is 24.4 Å². The molecule has 0 amide bonds. The number of benzene rings is 2. The van der Waals surface area contributed by atoms with Crippen molar-refractivity contribution in [1.82, 2.24) is 24.5 Å². The molecule has 1 N–H and O–H groups in total. The molecule has 0 spiro atoms. The van der Waals surface area contributed by atoms with Crippen LogP contribution in [0, 0.1) is 29.8 Å². The van der Waals surface area contributed by atoms with Gasteiger partial charge in [0.25, 0.3) is 5.88 Å². The number of carboxylic acids is 1. The monoisotopic (exact) mass is 604 g/mol. The number of hydrogen-bond donors (Lipinski definition) is 1. The number of imidazole rings is 1. The van der Waals surface area contributed by atoms with Crippen LogP contribution in [0.15, 0.2) is 48.8 Å². The van der Waals surface area contributed by atoms with Gasteiger partial charge in [-0.05, 0) is 42.3 Å². The van der Waals surface area contributed by atoms with Crippen LogP contribution in [0.1, 0.15) is 33.9 Å². The van der Waals surface area contributed by atoms with Gasteiger partial charge in [0.15, 0.2) is 11.6 Å². The summed E-state index contributed by atoms with van der Waals surface area (Å²) in [4.78, 5) is 30.9. The first-order chi connectivity index (χ1) is 21.2. The molecule has 6 rings (SSSR count). The van der Waals surface area contributed by atoms with Crippen molar-refractivity contribution in [3.05, 3.63) is 106 Å². The van der Waals surface area contributed by atoms with Crippen molar-refractivity contribution < 1.29 is 36.9 Å². The Morgan fingerprint density at radius 1 is 1.07 bits per heavy atom. The number of fused-ring (bicyclic) bond motifs is 1. The minimum atomic E-state index is -1.45.